The summed E-state index contributed by atoms with van der Waals surface area (Å²) in [6.45, 7) is 1.89. The number of pyridine rings is 1. The number of aryl methyl sites for hydroxylation is 2. The maximum Gasteiger partial charge on any atom is 0.264 e. The van der Waals surface area contributed by atoms with Crippen LogP contribution in [0.25, 0.3) is 0 Å². The normalized spacial score (nSPS) is 26.7. The molecule has 8 nitrogen and oxygen atoms in total. The Morgan fingerprint density at radius 1 is 1.35 bits per heavy atom. The fourth-order valence-corrected chi connectivity index (χ4v) is 5.65. The van der Waals surface area contributed by atoms with Crippen molar-refractivity contribution >= 4 is 35.3 Å². The fourth-order valence-electron chi connectivity index (χ4n) is 4.71. The summed E-state index contributed by atoms with van der Waals surface area (Å²) in [5, 5.41) is 6.18. The molecule has 164 valence electrons. The number of rotatable bonds is 6. The van der Waals surface area contributed by atoms with Crippen LogP contribution in [0.15, 0.2) is 35.5 Å². The molecule has 0 aromatic carbocycles. The van der Waals surface area contributed by atoms with E-state index >= 15 is 0 Å². The van der Waals surface area contributed by atoms with E-state index in [1.807, 2.05) is 32.4 Å². The largest absolute Gasteiger partial charge is 0.354 e. The first kappa shape index (κ1) is 20.8. The van der Waals surface area contributed by atoms with Gasteiger partial charge in [-0.15, -0.1) is 0 Å². The molecule has 2 aromatic heterocycles. The van der Waals surface area contributed by atoms with Crippen molar-refractivity contribution in [1.82, 2.24) is 24.9 Å². The molecule has 3 heterocycles. The molecular formula is C21H25ClN6O2S. The Balaban J connectivity index is 1.18. The number of carbonyl (C=O) groups excluding carboxylic acids is 1. The standard InChI is InChI=1S/C21H25ClN6O2S/c1-12-17(11-27(2)24-12)31-26-21(29)15-5-6-18(23-20(15)22)28-8-7-19(25-28)30-16-10-13-3-4-14(16)9-13/h5-8,11,13-14,16,19,25H,3-4,9-10H2,1-2H3,(H,26,29)/t13-,14+,16-,19?/m0/s1. The Kier molecular flexibility index (Phi) is 5.68. The van der Waals surface area contributed by atoms with E-state index in [4.69, 9.17) is 16.3 Å². The second-order valence-electron chi connectivity index (χ2n) is 8.40. The Hall–Kier alpha value is -2.07. The quantitative estimate of drug-likeness (QED) is 0.503. The van der Waals surface area contributed by atoms with Crippen molar-refractivity contribution in [2.75, 3.05) is 5.01 Å². The lowest BCUT2D eigenvalue weighted by Crippen LogP contribution is -2.40. The van der Waals surface area contributed by atoms with E-state index in [-0.39, 0.29) is 17.3 Å². The molecule has 3 aliphatic rings. The second-order valence-corrected chi connectivity index (χ2v) is 9.61. The van der Waals surface area contributed by atoms with Gasteiger partial charge in [0.2, 0.25) is 0 Å². The van der Waals surface area contributed by atoms with E-state index in [1.165, 1.54) is 37.6 Å². The van der Waals surface area contributed by atoms with Gasteiger partial charge in [0.15, 0.2) is 0 Å². The zero-order valence-electron chi connectivity index (χ0n) is 17.4. The van der Waals surface area contributed by atoms with Crippen molar-refractivity contribution in [2.45, 2.75) is 49.8 Å². The molecule has 2 saturated carbocycles. The van der Waals surface area contributed by atoms with E-state index in [2.05, 4.69) is 20.2 Å². The van der Waals surface area contributed by atoms with Gasteiger partial charge in [-0.05, 0) is 74.6 Å². The number of hydrazine groups is 1. The first-order valence-corrected chi connectivity index (χ1v) is 11.7. The molecule has 2 fully saturated rings. The predicted octanol–water partition coefficient (Wildman–Crippen LogP) is 3.58. The van der Waals surface area contributed by atoms with Crippen molar-refractivity contribution in [1.29, 1.82) is 0 Å². The summed E-state index contributed by atoms with van der Waals surface area (Å²) in [7, 11) is 1.84. The van der Waals surface area contributed by atoms with Crippen LogP contribution in [0, 0.1) is 18.8 Å². The number of amides is 1. The van der Waals surface area contributed by atoms with Crippen molar-refractivity contribution < 1.29 is 9.53 Å². The van der Waals surface area contributed by atoms with Crippen molar-refractivity contribution in [3.05, 3.63) is 47.0 Å². The molecular weight excluding hydrogens is 436 g/mol. The molecule has 0 spiro atoms. The highest BCUT2D eigenvalue weighted by atomic mass is 35.5. The summed E-state index contributed by atoms with van der Waals surface area (Å²) in [6, 6.07) is 3.44. The van der Waals surface area contributed by atoms with E-state index in [0.717, 1.165) is 16.5 Å². The van der Waals surface area contributed by atoms with Gasteiger partial charge in [-0.25, -0.2) is 4.98 Å². The maximum atomic E-state index is 12.6. The minimum Gasteiger partial charge on any atom is -0.354 e. The van der Waals surface area contributed by atoms with Crippen LogP contribution in [0.4, 0.5) is 5.82 Å². The molecule has 1 unspecified atom stereocenters. The van der Waals surface area contributed by atoms with Crippen LogP contribution >= 0.6 is 23.5 Å². The average molecular weight is 461 g/mol. The first-order valence-electron chi connectivity index (χ1n) is 10.5. The van der Waals surface area contributed by atoms with Gasteiger partial charge in [0.25, 0.3) is 5.91 Å². The highest BCUT2D eigenvalue weighted by Gasteiger charge is 2.41. The number of aromatic nitrogens is 3. The zero-order valence-corrected chi connectivity index (χ0v) is 19.0. The number of nitrogens with zero attached hydrogens (tertiary/aromatic N) is 4. The van der Waals surface area contributed by atoms with Gasteiger partial charge < -0.3 is 4.74 Å². The third kappa shape index (κ3) is 4.32. The molecule has 2 aliphatic carbocycles. The minimum absolute atomic E-state index is 0.145. The van der Waals surface area contributed by atoms with E-state index < -0.39 is 0 Å². The van der Waals surface area contributed by atoms with Crippen LogP contribution in [-0.4, -0.2) is 33.0 Å². The van der Waals surface area contributed by atoms with Crippen LogP contribution in [0.2, 0.25) is 5.15 Å². The maximum absolute atomic E-state index is 12.6. The Labute approximate surface area is 190 Å². The highest BCUT2D eigenvalue weighted by Crippen LogP contribution is 2.46. The van der Waals surface area contributed by atoms with Crippen molar-refractivity contribution in [3.8, 4) is 0 Å². The fraction of sp³-hybridized carbons (Fsp3) is 0.476. The number of halogens is 1. The van der Waals surface area contributed by atoms with Crippen LogP contribution in [0.1, 0.15) is 41.7 Å². The predicted molar refractivity (Wildman–Crippen MR) is 119 cm³/mol. The Morgan fingerprint density at radius 2 is 2.23 bits per heavy atom. The average Bonchev–Trinajstić information content (AvgIpc) is 3.52. The lowest BCUT2D eigenvalue weighted by atomic mass is 9.98. The number of nitrogens with one attached hydrogen (secondary N) is 2. The summed E-state index contributed by atoms with van der Waals surface area (Å²) in [5.41, 5.74) is 4.46. The number of hydrogen-bond acceptors (Lipinski definition) is 7. The molecule has 0 saturated heterocycles. The minimum atomic E-state index is -0.306. The Bertz CT molecular complexity index is 1030. The summed E-state index contributed by atoms with van der Waals surface area (Å²) >= 11 is 7.54. The molecule has 2 aromatic rings. The molecule has 4 atom stereocenters. The molecule has 1 aliphatic heterocycles. The van der Waals surface area contributed by atoms with Crippen LogP contribution in [-0.2, 0) is 11.8 Å². The molecule has 1 amide bonds. The molecule has 10 heteroatoms. The number of carbonyl (C=O) groups is 1. The molecule has 2 N–H and O–H groups in total. The van der Waals surface area contributed by atoms with Gasteiger partial charge in [-0.2, -0.15) is 10.5 Å². The summed E-state index contributed by atoms with van der Waals surface area (Å²) in [5.74, 6) is 1.84. The van der Waals surface area contributed by atoms with Gasteiger partial charge >= 0.3 is 0 Å². The summed E-state index contributed by atoms with van der Waals surface area (Å²) < 4.78 is 10.8. The zero-order chi connectivity index (χ0) is 21.5. The number of anilines is 1. The summed E-state index contributed by atoms with van der Waals surface area (Å²) in [6.07, 6.45) is 11.0. The van der Waals surface area contributed by atoms with Crippen LogP contribution < -0.4 is 15.2 Å². The first-order chi connectivity index (χ1) is 15.0. The van der Waals surface area contributed by atoms with Crippen molar-refractivity contribution in [2.24, 2.45) is 18.9 Å². The number of fused-ring (bicyclic) bond motifs is 2. The van der Waals surface area contributed by atoms with Gasteiger partial charge in [0.05, 0.1) is 22.3 Å². The van der Waals surface area contributed by atoms with Gasteiger partial charge in [0.1, 0.15) is 17.2 Å². The lowest BCUT2D eigenvalue weighted by Gasteiger charge is -2.26. The van der Waals surface area contributed by atoms with Crippen LogP contribution in [0.5, 0.6) is 0 Å². The number of hydrogen-bond donors (Lipinski definition) is 2. The van der Waals surface area contributed by atoms with E-state index in [1.54, 1.807) is 21.8 Å². The molecule has 5 rings (SSSR count). The van der Waals surface area contributed by atoms with Crippen LogP contribution in [0.3, 0.4) is 0 Å². The third-order valence-corrected chi connectivity index (χ3v) is 7.41. The lowest BCUT2D eigenvalue weighted by molar-refractivity contribution is -0.0281. The third-order valence-electron chi connectivity index (χ3n) is 6.22. The number of ether oxygens (including phenoxy) is 1. The Morgan fingerprint density at radius 3 is 2.90 bits per heavy atom. The van der Waals surface area contributed by atoms with E-state index in [9.17, 15) is 4.79 Å². The molecule has 31 heavy (non-hydrogen) atoms. The SMILES string of the molecule is Cc1nn(C)cc1SNC(=O)c1ccc(N2C=CC(O[C@H]3C[C@H]4CC[C@@H]3C4)N2)nc1Cl. The van der Waals surface area contributed by atoms with Gasteiger partial charge in [-0.3, -0.25) is 19.2 Å². The smallest absolute Gasteiger partial charge is 0.264 e. The summed E-state index contributed by atoms with van der Waals surface area (Å²) in [4.78, 5) is 17.8. The molecule has 2 bridgehead atoms. The van der Waals surface area contributed by atoms with Gasteiger partial charge in [-0.1, -0.05) is 11.6 Å². The van der Waals surface area contributed by atoms with E-state index in [0.29, 0.717) is 23.4 Å². The highest BCUT2D eigenvalue weighted by molar-refractivity contribution is 7.98. The van der Waals surface area contributed by atoms with Gasteiger partial charge in [0, 0.05) is 19.4 Å². The topological polar surface area (TPSA) is 84.3 Å². The second kappa shape index (κ2) is 8.46. The monoisotopic (exact) mass is 460 g/mol. The molecule has 0 radical (unpaired) electrons. The van der Waals surface area contributed by atoms with Crippen molar-refractivity contribution in [3.63, 3.8) is 0 Å².